The Labute approximate surface area is 91.5 Å². The molecule has 1 aliphatic rings. The number of alkyl halides is 1. The molecule has 1 fully saturated rings. The SMILES string of the molecule is CN(CC1CC1)S(=O)(=O)CCCCCl. The van der Waals surface area contributed by atoms with Crippen LogP contribution in [0, 0.1) is 5.92 Å². The molecule has 0 radical (unpaired) electrons. The second kappa shape index (κ2) is 5.33. The molecular formula is C9H18ClNO2S. The molecule has 0 aromatic heterocycles. The van der Waals surface area contributed by atoms with E-state index in [1.165, 1.54) is 17.1 Å². The number of unbranched alkanes of at least 4 members (excludes halogenated alkanes) is 1. The molecule has 0 aromatic rings. The van der Waals surface area contributed by atoms with Gasteiger partial charge in [-0.25, -0.2) is 12.7 Å². The first-order valence-electron chi connectivity index (χ1n) is 5.06. The van der Waals surface area contributed by atoms with E-state index >= 15 is 0 Å². The van der Waals surface area contributed by atoms with E-state index in [1.54, 1.807) is 7.05 Å². The Kier molecular flexibility index (Phi) is 4.67. The minimum Gasteiger partial charge on any atom is -0.212 e. The number of rotatable bonds is 7. The quantitative estimate of drug-likeness (QED) is 0.501. The molecule has 0 atom stereocenters. The Hall–Kier alpha value is 0.200. The van der Waals surface area contributed by atoms with E-state index in [-0.39, 0.29) is 5.75 Å². The van der Waals surface area contributed by atoms with Gasteiger partial charge in [0.1, 0.15) is 0 Å². The van der Waals surface area contributed by atoms with Crippen molar-refractivity contribution in [1.29, 1.82) is 0 Å². The zero-order valence-corrected chi connectivity index (χ0v) is 10.1. The van der Waals surface area contributed by atoms with Crippen LogP contribution in [0.15, 0.2) is 0 Å². The summed E-state index contributed by atoms with van der Waals surface area (Å²) in [7, 11) is -1.34. The number of nitrogens with zero attached hydrogens (tertiary/aromatic N) is 1. The van der Waals surface area contributed by atoms with Crippen LogP contribution in [0.2, 0.25) is 0 Å². The lowest BCUT2D eigenvalue weighted by Crippen LogP contribution is -2.31. The Morgan fingerprint density at radius 3 is 2.50 bits per heavy atom. The van der Waals surface area contributed by atoms with Crippen molar-refractivity contribution in [2.45, 2.75) is 25.7 Å². The van der Waals surface area contributed by atoms with Gasteiger partial charge >= 0.3 is 0 Å². The van der Waals surface area contributed by atoms with Crippen LogP contribution in [0.1, 0.15) is 25.7 Å². The maximum atomic E-state index is 11.7. The van der Waals surface area contributed by atoms with Crippen molar-refractivity contribution in [2.24, 2.45) is 5.92 Å². The van der Waals surface area contributed by atoms with Crippen molar-refractivity contribution in [3.05, 3.63) is 0 Å². The molecule has 0 spiro atoms. The van der Waals surface area contributed by atoms with Crippen LogP contribution in [0.3, 0.4) is 0 Å². The van der Waals surface area contributed by atoms with Crippen molar-refractivity contribution in [3.8, 4) is 0 Å². The summed E-state index contributed by atoms with van der Waals surface area (Å²) in [5.41, 5.74) is 0. The summed E-state index contributed by atoms with van der Waals surface area (Å²) < 4.78 is 24.8. The summed E-state index contributed by atoms with van der Waals surface area (Å²) in [6, 6.07) is 0. The van der Waals surface area contributed by atoms with Gasteiger partial charge < -0.3 is 0 Å². The lowest BCUT2D eigenvalue weighted by Gasteiger charge is -2.16. The first kappa shape index (κ1) is 12.3. The Balaban J connectivity index is 2.30. The summed E-state index contributed by atoms with van der Waals surface area (Å²) in [6.45, 7) is 0.698. The van der Waals surface area contributed by atoms with E-state index < -0.39 is 10.0 Å². The topological polar surface area (TPSA) is 37.4 Å². The molecule has 0 aromatic carbocycles. The van der Waals surface area contributed by atoms with Crippen molar-refractivity contribution in [1.82, 2.24) is 4.31 Å². The van der Waals surface area contributed by atoms with Gasteiger partial charge in [0, 0.05) is 19.5 Å². The monoisotopic (exact) mass is 239 g/mol. The van der Waals surface area contributed by atoms with Crippen LogP contribution >= 0.6 is 11.6 Å². The van der Waals surface area contributed by atoms with Crippen LogP contribution in [-0.4, -0.2) is 37.9 Å². The number of hydrogen-bond acceptors (Lipinski definition) is 2. The van der Waals surface area contributed by atoms with E-state index in [0.29, 0.717) is 24.8 Å². The maximum Gasteiger partial charge on any atom is 0.213 e. The summed E-state index contributed by atoms with van der Waals surface area (Å²) in [4.78, 5) is 0. The third-order valence-corrected chi connectivity index (χ3v) is 4.64. The largest absolute Gasteiger partial charge is 0.213 e. The van der Waals surface area contributed by atoms with Gasteiger partial charge in [-0.05, 0) is 31.6 Å². The van der Waals surface area contributed by atoms with E-state index in [0.717, 1.165) is 6.42 Å². The minimum absolute atomic E-state index is 0.239. The fraction of sp³-hybridized carbons (Fsp3) is 1.00. The highest BCUT2D eigenvalue weighted by Gasteiger charge is 2.27. The molecule has 0 bridgehead atoms. The van der Waals surface area contributed by atoms with Gasteiger partial charge in [0.25, 0.3) is 0 Å². The molecule has 0 aliphatic heterocycles. The second-order valence-electron chi connectivity index (χ2n) is 3.94. The molecule has 0 heterocycles. The summed E-state index contributed by atoms with van der Waals surface area (Å²) >= 11 is 5.50. The van der Waals surface area contributed by atoms with Crippen molar-refractivity contribution in [3.63, 3.8) is 0 Å². The Bertz CT molecular complexity index is 262. The van der Waals surface area contributed by atoms with E-state index in [1.807, 2.05) is 0 Å². The van der Waals surface area contributed by atoms with Gasteiger partial charge in [-0.3, -0.25) is 0 Å². The van der Waals surface area contributed by atoms with Gasteiger partial charge in [-0.2, -0.15) is 0 Å². The molecular weight excluding hydrogens is 222 g/mol. The first-order valence-corrected chi connectivity index (χ1v) is 7.20. The van der Waals surface area contributed by atoms with E-state index in [9.17, 15) is 8.42 Å². The summed E-state index contributed by atoms with van der Waals surface area (Å²) in [5, 5.41) is 0. The summed E-state index contributed by atoms with van der Waals surface area (Å²) in [5.74, 6) is 1.40. The highest BCUT2D eigenvalue weighted by Crippen LogP contribution is 2.30. The predicted octanol–water partition coefficient (Wildman–Crippen LogP) is 1.68. The molecule has 5 heteroatoms. The van der Waals surface area contributed by atoms with Crippen molar-refractivity contribution >= 4 is 21.6 Å². The molecule has 0 unspecified atom stereocenters. The normalized spacial score (nSPS) is 17.6. The van der Waals surface area contributed by atoms with Gasteiger partial charge in [0.15, 0.2) is 0 Å². The van der Waals surface area contributed by atoms with Crippen LogP contribution < -0.4 is 0 Å². The summed E-state index contributed by atoms with van der Waals surface area (Å²) in [6.07, 6.45) is 3.81. The Morgan fingerprint density at radius 2 is 2.00 bits per heavy atom. The molecule has 1 aliphatic carbocycles. The number of sulfonamides is 1. The van der Waals surface area contributed by atoms with E-state index in [2.05, 4.69) is 0 Å². The first-order chi connectivity index (χ1) is 6.56. The second-order valence-corrected chi connectivity index (χ2v) is 6.51. The third-order valence-electron chi connectivity index (χ3n) is 2.47. The lowest BCUT2D eigenvalue weighted by molar-refractivity contribution is 0.451. The van der Waals surface area contributed by atoms with Crippen molar-refractivity contribution < 1.29 is 8.42 Å². The molecule has 1 rings (SSSR count). The number of halogens is 1. The molecule has 0 N–H and O–H groups in total. The average Bonchev–Trinajstić information content (AvgIpc) is 2.88. The van der Waals surface area contributed by atoms with Crippen LogP contribution in [0.5, 0.6) is 0 Å². The van der Waals surface area contributed by atoms with E-state index in [4.69, 9.17) is 11.6 Å². The smallest absolute Gasteiger partial charge is 0.212 e. The fourth-order valence-corrected chi connectivity index (χ4v) is 2.82. The van der Waals surface area contributed by atoms with Crippen molar-refractivity contribution in [2.75, 3.05) is 25.2 Å². The van der Waals surface area contributed by atoms with Crippen LogP contribution in [-0.2, 0) is 10.0 Å². The van der Waals surface area contributed by atoms with Crippen LogP contribution in [0.25, 0.3) is 0 Å². The van der Waals surface area contributed by atoms with Gasteiger partial charge in [-0.15, -0.1) is 11.6 Å². The molecule has 3 nitrogen and oxygen atoms in total. The highest BCUT2D eigenvalue weighted by molar-refractivity contribution is 7.89. The van der Waals surface area contributed by atoms with Gasteiger partial charge in [-0.1, -0.05) is 0 Å². The average molecular weight is 240 g/mol. The molecule has 1 saturated carbocycles. The predicted molar refractivity (Wildman–Crippen MR) is 59.1 cm³/mol. The number of hydrogen-bond donors (Lipinski definition) is 0. The maximum absolute atomic E-state index is 11.7. The molecule has 0 amide bonds. The van der Waals surface area contributed by atoms with Crippen LogP contribution in [0.4, 0.5) is 0 Å². The highest BCUT2D eigenvalue weighted by atomic mass is 35.5. The molecule has 84 valence electrons. The fourth-order valence-electron chi connectivity index (χ4n) is 1.31. The zero-order valence-electron chi connectivity index (χ0n) is 8.58. The molecule has 0 saturated heterocycles. The molecule has 14 heavy (non-hydrogen) atoms. The lowest BCUT2D eigenvalue weighted by atomic mass is 10.4. The third kappa shape index (κ3) is 4.15. The minimum atomic E-state index is -3.01. The Morgan fingerprint density at radius 1 is 1.36 bits per heavy atom. The standard InChI is InChI=1S/C9H18ClNO2S/c1-11(8-9-4-5-9)14(12,13)7-3-2-6-10/h9H,2-8H2,1H3. The zero-order chi connectivity index (χ0) is 10.6. The van der Waals surface area contributed by atoms with Gasteiger partial charge in [0.2, 0.25) is 10.0 Å². The van der Waals surface area contributed by atoms with Gasteiger partial charge in [0.05, 0.1) is 5.75 Å².